The molecule has 8 heteroatoms. The lowest BCUT2D eigenvalue weighted by molar-refractivity contribution is -0.136. The van der Waals surface area contributed by atoms with Gasteiger partial charge in [-0.15, -0.1) is 0 Å². The van der Waals surface area contributed by atoms with Crippen LogP contribution >= 0.6 is 22.9 Å². The summed E-state index contributed by atoms with van der Waals surface area (Å²) in [5.74, 6) is 0.972. The molecule has 2 aromatic heterocycles. The van der Waals surface area contributed by atoms with Crippen molar-refractivity contribution in [3.05, 3.63) is 114 Å². The van der Waals surface area contributed by atoms with Crippen LogP contribution in [0.3, 0.4) is 0 Å². The van der Waals surface area contributed by atoms with Gasteiger partial charge in [-0.25, -0.2) is 9.79 Å². The minimum Gasteiger partial charge on any atom is -0.466 e. The predicted molar refractivity (Wildman–Crippen MR) is 145 cm³/mol. The van der Waals surface area contributed by atoms with Crippen molar-refractivity contribution < 1.29 is 13.9 Å². The first-order chi connectivity index (χ1) is 17.8. The minimum absolute atomic E-state index is 0.258. The lowest BCUT2D eigenvalue weighted by Gasteiger charge is -2.24. The summed E-state index contributed by atoms with van der Waals surface area (Å²) >= 11 is 7.56. The summed E-state index contributed by atoms with van der Waals surface area (Å²) in [6.45, 7) is 6.00. The van der Waals surface area contributed by atoms with E-state index in [0.717, 1.165) is 11.1 Å². The van der Waals surface area contributed by atoms with Crippen LogP contribution in [-0.4, -0.2) is 17.6 Å². The van der Waals surface area contributed by atoms with Crippen molar-refractivity contribution in [1.82, 2.24) is 4.57 Å². The number of thiazole rings is 1. The average Bonchev–Trinajstić information content (AvgIpc) is 3.47. The number of hydrogen-bond acceptors (Lipinski definition) is 6. The Hall–Kier alpha value is -3.68. The van der Waals surface area contributed by atoms with Gasteiger partial charge in [-0.1, -0.05) is 73.2 Å². The van der Waals surface area contributed by atoms with Crippen molar-refractivity contribution in [3.63, 3.8) is 0 Å². The number of nitrogens with zero attached hydrogens (tertiary/aromatic N) is 2. The first-order valence-corrected chi connectivity index (χ1v) is 13.0. The van der Waals surface area contributed by atoms with Gasteiger partial charge in [-0.2, -0.15) is 0 Å². The largest absolute Gasteiger partial charge is 0.466 e. The number of aromatic nitrogens is 1. The maximum Gasteiger partial charge on any atom is 0.338 e. The van der Waals surface area contributed by atoms with E-state index in [-0.39, 0.29) is 5.56 Å². The number of esters is 1. The SMILES string of the molecule is COC(=O)C1=C(C)N=c2sc(=Cc3ccc(-c4ccccc4Cl)o3)c(=O)n2C1c1ccc(C(C)C)cc1. The topological polar surface area (TPSA) is 73.8 Å². The van der Waals surface area contributed by atoms with E-state index in [9.17, 15) is 9.59 Å². The van der Waals surface area contributed by atoms with E-state index in [1.165, 1.54) is 24.0 Å². The Morgan fingerprint density at radius 2 is 1.86 bits per heavy atom. The number of hydrogen-bond donors (Lipinski definition) is 0. The molecule has 0 bridgehead atoms. The Balaban J connectivity index is 1.64. The van der Waals surface area contributed by atoms with Crippen molar-refractivity contribution in [3.8, 4) is 11.3 Å². The van der Waals surface area contributed by atoms with Crippen molar-refractivity contribution in [2.45, 2.75) is 32.7 Å². The number of fused-ring (bicyclic) bond motifs is 1. The molecule has 0 radical (unpaired) electrons. The lowest BCUT2D eigenvalue weighted by atomic mass is 9.93. The van der Waals surface area contributed by atoms with E-state index in [4.69, 9.17) is 20.8 Å². The number of halogens is 1. The van der Waals surface area contributed by atoms with E-state index in [0.29, 0.717) is 43.1 Å². The normalized spacial score (nSPS) is 15.6. The van der Waals surface area contributed by atoms with Gasteiger partial charge >= 0.3 is 5.97 Å². The highest BCUT2D eigenvalue weighted by Crippen LogP contribution is 2.32. The van der Waals surface area contributed by atoms with Crippen molar-refractivity contribution in [2.24, 2.45) is 4.99 Å². The zero-order chi connectivity index (χ0) is 26.3. The summed E-state index contributed by atoms with van der Waals surface area (Å²) in [7, 11) is 1.33. The monoisotopic (exact) mass is 532 g/mol. The molecule has 3 heterocycles. The quantitative estimate of drug-likeness (QED) is 0.321. The number of benzene rings is 2. The van der Waals surface area contributed by atoms with Gasteiger partial charge in [0.05, 0.1) is 34.0 Å². The van der Waals surface area contributed by atoms with Crippen molar-refractivity contribution in [1.29, 1.82) is 0 Å². The number of allylic oxidation sites excluding steroid dienone is 1. The molecule has 4 aromatic rings. The van der Waals surface area contributed by atoms with E-state index >= 15 is 0 Å². The molecule has 188 valence electrons. The van der Waals surface area contributed by atoms with Gasteiger partial charge in [0.25, 0.3) is 5.56 Å². The third-order valence-electron chi connectivity index (χ3n) is 6.39. The second-order valence-corrected chi connectivity index (χ2v) is 10.5. The molecule has 0 saturated heterocycles. The highest BCUT2D eigenvalue weighted by molar-refractivity contribution is 7.07. The van der Waals surface area contributed by atoms with Crippen LogP contribution in [0.1, 0.15) is 49.6 Å². The second kappa shape index (κ2) is 10.00. The molecular formula is C29H25ClN2O4S. The summed E-state index contributed by atoms with van der Waals surface area (Å²) in [5.41, 5.74) is 3.36. The molecule has 2 aromatic carbocycles. The van der Waals surface area contributed by atoms with Crippen LogP contribution in [0.25, 0.3) is 17.4 Å². The van der Waals surface area contributed by atoms with Gasteiger partial charge in [0.15, 0.2) is 4.80 Å². The number of ether oxygens (including phenoxy) is 1. The molecule has 0 amide bonds. The first kappa shape index (κ1) is 25.0. The molecule has 6 nitrogen and oxygen atoms in total. The van der Waals surface area contributed by atoms with Crippen LogP contribution in [-0.2, 0) is 9.53 Å². The molecule has 1 atom stereocenters. The Kier molecular flexibility index (Phi) is 6.75. The smallest absolute Gasteiger partial charge is 0.338 e. The van der Waals surface area contributed by atoms with Gasteiger partial charge in [-0.3, -0.25) is 9.36 Å². The Morgan fingerprint density at radius 1 is 1.14 bits per heavy atom. The minimum atomic E-state index is -0.651. The Morgan fingerprint density at radius 3 is 2.54 bits per heavy atom. The fourth-order valence-electron chi connectivity index (χ4n) is 4.44. The maximum atomic E-state index is 13.7. The third-order valence-corrected chi connectivity index (χ3v) is 7.70. The standard InChI is InChI=1S/C29H25ClN2O4S/c1-16(2)18-9-11-19(12-10-18)26-25(28(34)35-4)17(3)31-29-32(26)27(33)24(37-29)15-20-13-14-23(36-20)21-7-5-6-8-22(21)30/h5-16,26H,1-4H3. The number of rotatable bonds is 5. The summed E-state index contributed by atoms with van der Waals surface area (Å²) in [4.78, 5) is 31.7. The summed E-state index contributed by atoms with van der Waals surface area (Å²) in [6.07, 6.45) is 1.69. The van der Waals surface area contributed by atoms with Gasteiger partial charge in [-0.05, 0) is 48.2 Å². The van der Waals surface area contributed by atoms with E-state index in [1.54, 1.807) is 29.7 Å². The van der Waals surface area contributed by atoms with Crippen LogP contribution in [0.15, 0.2) is 86.1 Å². The fourth-order valence-corrected chi connectivity index (χ4v) is 5.69. The first-order valence-electron chi connectivity index (χ1n) is 11.8. The molecule has 1 aliphatic heterocycles. The maximum absolute atomic E-state index is 13.7. The Labute approximate surface area is 222 Å². The van der Waals surface area contributed by atoms with Crippen LogP contribution in [0.5, 0.6) is 0 Å². The third kappa shape index (κ3) is 4.61. The van der Waals surface area contributed by atoms with Gasteiger partial charge < -0.3 is 9.15 Å². The molecule has 37 heavy (non-hydrogen) atoms. The van der Waals surface area contributed by atoms with Gasteiger partial charge in [0.2, 0.25) is 0 Å². The van der Waals surface area contributed by atoms with Crippen LogP contribution in [0.2, 0.25) is 5.02 Å². The summed E-state index contributed by atoms with van der Waals surface area (Å²) in [5, 5.41) is 0.581. The molecule has 0 N–H and O–H groups in total. The van der Waals surface area contributed by atoms with E-state index in [1.807, 2.05) is 48.5 Å². The van der Waals surface area contributed by atoms with Crippen molar-refractivity contribution in [2.75, 3.05) is 7.11 Å². The van der Waals surface area contributed by atoms with Crippen molar-refractivity contribution >= 4 is 35.0 Å². The predicted octanol–water partition coefficient (Wildman–Crippen LogP) is 5.45. The molecule has 0 saturated carbocycles. The number of methoxy groups -OCH3 is 1. The van der Waals surface area contributed by atoms with E-state index in [2.05, 4.69) is 18.8 Å². The molecule has 5 rings (SSSR count). The highest BCUT2D eigenvalue weighted by Gasteiger charge is 2.33. The molecule has 0 spiro atoms. The molecule has 0 fully saturated rings. The highest BCUT2D eigenvalue weighted by atomic mass is 35.5. The van der Waals surface area contributed by atoms with Crippen LogP contribution in [0.4, 0.5) is 0 Å². The zero-order valence-corrected chi connectivity index (χ0v) is 22.4. The summed E-state index contributed by atoms with van der Waals surface area (Å²) in [6, 6.07) is 18.4. The average molecular weight is 533 g/mol. The van der Waals surface area contributed by atoms with Crippen LogP contribution < -0.4 is 14.9 Å². The van der Waals surface area contributed by atoms with Crippen LogP contribution in [0, 0.1) is 0 Å². The Bertz CT molecular complexity index is 1710. The van der Waals surface area contributed by atoms with Gasteiger partial charge in [0.1, 0.15) is 11.5 Å². The van der Waals surface area contributed by atoms with E-state index < -0.39 is 12.0 Å². The molecule has 1 aliphatic rings. The second-order valence-electron chi connectivity index (χ2n) is 9.08. The number of carbonyl (C=O) groups excluding carboxylic acids is 1. The molecular weight excluding hydrogens is 508 g/mol. The zero-order valence-electron chi connectivity index (χ0n) is 20.8. The van der Waals surface area contributed by atoms with Gasteiger partial charge in [0, 0.05) is 11.6 Å². The number of carbonyl (C=O) groups is 1. The number of furan rings is 1. The molecule has 1 unspecified atom stereocenters. The summed E-state index contributed by atoms with van der Waals surface area (Å²) < 4.78 is 13.1. The molecule has 0 aliphatic carbocycles. The fraction of sp³-hybridized carbons (Fsp3) is 0.207. The lowest BCUT2D eigenvalue weighted by Crippen LogP contribution is -2.39.